The monoisotopic (exact) mass is 487 g/mol. The van der Waals surface area contributed by atoms with Gasteiger partial charge in [-0.2, -0.15) is 0 Å². The maximum atomic E-state index is 11.8. The second kappa shape index (κ2) is 9.20. The van der Waals surface area contributed by atoms with Crippen LogP contribution < -0.4 is 5.32 Å². The summed E-state index contributed by atoms with van der Waals surface area (Å²) in [7, 11) is 0. The molecule has 138 valence electrons. The van der Waals surface area contributed by atoms with Crippen LogP contribution in [0.15, 0.2) is 81.7 Å². The van der Waals surface area contributed by atoms with E-state index in [-0.39, 0.29) is 12.0 Å². The van der Waals surface area contributed by atoms with Gasteiger partial charge in [-0.1, -0.05) is 56.1 Å². The van der Waals surface area contributed by atoms with E-state index in [1.165, 1.54) is 0 Å². The molecule has 0 amide bonds. The lowest BCUT2D eigenvalue weighted by Gasteiger charge is -2.21. The first kappa shape index (κ1) is 19.6. The molecule has 1 N–H and O–H groups in total. The minimum atomic E-state index is -0.304. The van der Waals surface area contributed by atoms with Crippen LogP contribution in [0.25, 0.3) is 0 Å². The Hall–Kier alpha value is -2.11. The van der Waals surface area contributed by atoms with Crippen LogP contribution in [0.5, 0.6) is 0 Å². The zero-order valence-corrected chi connectivity index (χ0v) is 18.0. The molecule has 0 aliphatic carbocycles. The van der Waals surface area contributed by atoms with Gasteiger partial charge in [0.25, 0.3) is 0 Å². The standard InChI is InChI=1S/C22H19Br2NO2/c1-2-27-22(26)17-7-13-20(14-8-17)25-21(15-3-9-18(23)10-4-15)16-5-11-19(24)12-6-16/h3-14,21,25H,2H2,1H3. The van der Waals surface area contributed by atoms with E-state index in [4.69, 9.17) is 4.74 Å². The average molecular weight is 489 g/mol. The van der Waals surface area contributed by atoms with Crippen LogP contribution in [0, 0.1) is 0 Å². The summed E-state index contributed by atoms with van der Waals surface area (Å²) in [5.74, 6) is -0.304. The van der Waals surface area contributed by atoms with Gasteiger partial charge in [0.2, 0.25) is 0 Å². The summed E-state index contributed by atoms with van der Waals surface area (Å²) in [5.41, 5.74) is 3.77. The normalized spacial score (nSPS) is 10.7. The number of benzene rings is 3. The van der Waals surface area contributed by atoms with Gasteiger partial charge in [-0.3, -0.25) is 0 Å². The molecule has 0 aromatic heterocycles. The van der Waals surface area contributed by atoms with E-state index in [9.17, 15) is 4.79 Å². The summed E-state index contributed by atoms with van der Waals surface area (Å²) < 4.78 is 7.12. The van der Waals surface area contributed by atoms with Crippen molar-refractivity contribution in [3.05, 3.63) is 98.4 Å². The smallest absolute Gasteiger partial charge is 0.338 e. The molecule has 3 rings (SSSR count). The number of hydrogen-bond donors (Lipinski definition) is 1. The van der Waals surface area contributed by atoms with Crippen LogP contribution in [-0.2, 0) is 4.74 Å². The van der Waals surface area contributed by atoms with Crippen molar-refractivity contribution in [1.82, 2.24) is 0 Å². The van der Waals surface area contributed by atoms with Crippen LogP contribution in [0.2, 0.25) is 0 Å². The third-order valence-corrected chi connectivity index (χ3v) is 5.17. The van der Waals surface area contributed by atoms with Gasteiger partial charge in [-0.15, -0.1) is 0 Å². The summed E-state index contributed by atoms with van der Waals surface area (Å²) in [4.78, 5) is 11.8. The Labute approximate surface area is 176 Å². The summed E-state index contributed by atoms with van der Waals surface area (Å²) in [6, 6.07) is 23.9. The molecule has 0 saturated heterocycles. The second-order valence-corrected chi connectivity index (χ2v) is 7.81. The fourth-order valence-electron chi connectivity index (χ4n) is 2.75. The van der Waals surface area contributed by atoms with E-state index in [1.54, 1.807) is 19.1 Å². The van der Waals surface area contributed by atoms with E-state index < -0.39 is 0 Å². The number of hydrogen-bond acceptors (Lipinski definition) is 3. The van der Waals surface area contributed by atoms with Crippen molar-refractivity contribution < 1.29 is 9.53 Å². The van der Waals surface area contributed by atoms with Crippen molar-refractivity contribution in [2.45, 2.75) is 13.0 Å². The highest BCUT2D eigenvalue weighted by Crippen LogP contribution is 2.29. The van der Waals surface area contributed by atoms with Crippen LogP contribution in [-0.4, -0.2) is 12.6 Å². The number of rotatable bonds is 6. The molecule has 3 aromatic rings. The van der Waals surface area contributed by atoms with Crippen molar-refractivity contribution in [2.24, 2.45) is 0 Å². The zero-order valence-electron chi connectivity index (χ0n) is 14.8. The molecule has 0 aliphatic heterocycles. The van der Waals surface area contributed by atoms with Gasteiger partial charge in [0.15, 0.2) is 0 Å². The summed E-state index contributed by atoms with van der Waals surface area (Å²) in [6.07, 6.45) is 0. The third kappa shape index (κ3) is 5.21. The highest BCUT2D eigenvalue weighted by atomic mass is 79.9. The first-order chi connectivity index (χ1) is 13.1. The van der Waals surface area contributed by atoms with Crippen LogP contribution in [0.1, 0.15) is 34.5 Å². The van der Waals surface area contributed by atoms with Crippen LogP contribution >= 0.6 is 31.9 Å². The molecule has 0 aliphatic rings. The molecule has 0 heterocycles. The molecule has 0 radical (unpaired) electrons. The Morgan fingerprint density at radius 2 is 1.33 bits per heavy atom. The molecule has 3 nitrogen and oxygen atoms in total. The number of anilines is 1. The summed E-state index contributed by atoms with van der Waals surface area (Å²) >= 11 is 6.98. The Morgan fingerprint density at radius 3 is 1.78 bits per heavy atom. The molecule has 0 bridgehead atoms. The molecule has 0 spiro atoms. The predicted molar refractivity (Wildman–Crippen MR) is 116 cm³/mol. The van der Waals surface area contributed by atoms with Gasteiger partial charge in [-0.25, -0.2) is 4.79 Å². The Morgan fingerprint density at radius 1 is 0.852 bits per heavy atom. The quantitative estimate of drug-likeness (QED) is 0.397. The van der Waals surface area contributed by atoms with Gasteiger partial charge >= 0.3 is 5.97 Å². The molecular weight excluding hydrogens is 470 g/mol. The molecule has 3 aromatic carbocycles. The van der Waals surface area contributed by atoms with Crippen LogP contribution in [0.3, 0.4) is 0 Å². The average Bonchev–Trinajstić information content (AvgIpc) is 2.68. The number of ether oxygens (including phenoxy) is 1. The minimum Gasteiger partial charge on any atom is -0.462 e. The molecule has 5 heteroatoms. The van der Waals surface area contributed by atoms with Crippen molar-refractivity contribution in [3.8, 4) is 0 Å². The molecular formula is C22H19Br2NO2. The Balaban J connectivity index is 1.88. The lowest BCUT2D eigenvalue weighted by Crippen LogP contribution is -2.12. The maximum absolute atomic E-state index is 11.8. The van der Waals surface area contributed by atoms with Gasteiger partial charge in [0.05, 0.1) is 18.2 Å². The third-order valence-electron chi connectivity index (χ3n) is 4.11. The topological polar surface area (TPSA) is 38.3 Å². The minimum absolute atomic E-state index is 0.0142. The maximum Gasteiger partial charge on any atom is 0.338 e. The predicted octanol–water partition coefficient (Wildman–Crippen LogP) is 6.59. The molecule has 27 heavy (non-hydrogen) atoms. The first-order valence-corrected chi connectivity index (χ1v) is 10.2. The van der Waals surface area contributed by atoms with Crippen molar-refractivity contribution in [3.63, 3.8) is 0 Å². The molecule has 0 unspecified atom stereocenters. The fraction of sp³-hybridized carbons (Fsp3) is 0.136. The molecule has 0 fully saturated rings. The highest BCUT2D eigenvalue weighted by molar-refractivity contribution is 9.10. The number of halogens is 2. The Bertz CT molecular complexity index is 846. The zero-order chi connectivity index (χ0) is 19.2. The fourth-order valence-corrected chi connectivity index (χ4v) is 3.28. The van der Waals surface area contributed by atoms with Crippen molar-refractivity contribution in [1.29, 1.82) is 0 Å². The first-order valence-electron chi connectivity index (χ1n) is 8.61. The SMILES string of the molecule is CCOC(=O)c1ccc(NC(c2ccc(Br)cc2)c2ccc(Br)cc2)cc1. The van der Waals surface area contributed by atoms with E-state index >= 15 is 0 Å². The van der Waals surface area contributed by atoms with Gasteiger partial charge in [0.1, 0.15) is 0 Å². The second-order valence-electron chi connectivity index (χ2n) is 5.98. The number of carbonyl (C=O) groups excluding carboxylic acids is 1. The largest absolute Gasteiger partial charge is 0.462 e. The summed E-state index contributed by atoms with van der Waals surface area (Å²) in [6.45, 7) is 2.17. The number of esters is 1. The number of nitrogens with one attached hydrogen (secondary N) is 1. The van der Waals surface area contributed by atoms with E-state index in [2.05, 4.69) is 61.4 Å². The van der Waals surface area contributed by atoms with E-state index in [0.29, 0.717) is 12.2 Å². The van der Waals surface area contributed by atoms with E-state index in [1.807, 2.05) is 36.4 Å². The van der Waals surface area contributed by atoms with Gasteiger partial charge < -0.3 is 10.1 Å². The lowest BCUT2D eigenvalue weighted by molar-refractivity contribution is 0.0526. The number of carbonyl (C=O) groups is 1. The summed E-state index contributed by atoms with van der Waals surface area (Å²) in [5, 5.41) is 3.57. The lowest BCUT2D eigenvalue weighted by atomic mass is 9.98. The van der Waals surface area contributed by atoms with Crippen LogP contribution in [0.4, 0.5) is 5.69 Å². The van der Waals surface area contributed by atoms with Gasteiger partial charge in [-0.05, 0) is 66.6 Å². The molecule has 0 atom stereocenters. The molecule has 0 saturated carbocycles. The van der Waals surface area contributed by atoms with E-state index in [0.717, 1.165) is 25.8 Å². The Kier molecular flexibility index (Phi) is 6.69. The highest BCUT2D eigenvalue weighted by Gasteiger charge is 2.15. The van der Waals surface area contributed by atoms with Crippen molar-refractivity contribution in [2.75, 3.05) is 11.9 Å². The van der Waals surface area contributed by atoms with Gasteiger partial charge in [0, 0.05) is 14.6 Å². The van der Waals surface area contributed by atoms with Crippen molar-refractivity contribution >= 4 is 43.5 Å².